The first-order valence-electron chi connectivity index (χ1n) is 6.91. The van der Waals surface area contributed by atoms with Crippen LogP contribution in [0.3, 0.4) is 0 Å². The summed E-state index contributed by atoms with van der Waals surface area (Å²) in [6.45, 7) is 0. The molecule has 6 N–H and O–H groups in total. The molecule has 24 heavy (non-hydrogen) atoms. The van der Waals surface area contributed by atoms with E-state index in [2.05, 4.69) is 0 Å². The van der Waals surface area contributed by atoms with Crippen molar-refractivity contribution in [3.63, 3.8) is 0 Å². The quantitative estimate of drug-likeness (QED) is 0.248. The van der Waals surface area contributed by atoms with E-state index in [4.69, 9.17) is 30.1 Å². The van der Waals surface area contributed by atoms with Gasteiger partial charge in [-0.05, 0) is 24.3 Å². The van der Waals surface area contributed by atoms with E-state index in [1.54, 1.807) is 59.5 Å². The van der Waals surface area contributed by atoms with Crippen LogP contribution in [-0.4, -0.2) is 22.1 Å². The van der Waals surface area contributed by atoms with E-state index in [1.807, 2.05) is 0 Å². The Morgan fingerprint density at radius 3 is 1.96 bits per heavy atom. The van der Waals surface area contributed by atoms with E-state index in [1.165, 1.54) is 0 Å². The molecule has 2 aromatic heterocycles. The van der Waals surface area contributed by atoms with Gasteiger partial charge in [-0.1, -0.05) is 24.3 Å². The van der Waals surface area contributed by atoms with Gasteiger partial charge in [0.2, 0.25) is 0 Å². The number of furan rings is 2. The van der Waals surface area contributed by atoms with E-state index in [0.717, 1.165) is 5.56 Å². The molecule has 0 unspecified atom stereocenters. The Bertz CT molecular complexity index is 880. The van der Waals surface area contributed by atoms with Crippen molar-refractivity contribution in [2.24, 2.45) is 0 Å². The number of hydrogen-bond acceptors (Lipinski definition) is 6. The van der Waals surface area contributed by atoms with E-state index in [-0.39, 0.29) is 17.4 Å². The summed E-state index contributed by atoms with van der Waals surface area (Å²) >= 11 is 0. The highest BCUT2D eigenvalue weighted by atomic mass is 16.5. The third-order valence-corrected chi connectivity index (χ3v) is 3.38. The summed E-state index contributed by atoms with van der Waals surface area (Å²) in [7, 11) is 0. The summed E-state index contributed by atoms with van der Waals surface area (Å²) in [5.41, 5.74) is 4.84. The van der Waals surface area contributed by atoms with Crippen molar-refractivity contribution < 1.29 is 19.2 Å². The van der Waals surface area contributed by atoms with Crippen molar-refractivity contribution in [3.8, 4) is 22.8 Å². The molecule has 0 bridgehead atoms. The number of hydroxylamine groups is 2. The summed E-state index contributed by atoms with van der Waals surface area (Å²) in [6.07, 6.45) is 0. The Balaban J connectivity index is 1.84. The standard InChI is InChI=1S/C16H14N4O4/c17-15(19-21)10-3-1-9(2-4-10)11-5-6-12(23-11)13-7-8-14(24-13)16(18)20-22/h1-8,21-22H,(H2,17,19)(H2,18,20). The van der Waals surface area contributed by atoms with Gasteiger partial charge in [0.25, 0.3) is 0 Å². The van der Waals surface area contributed by atoms with Gasteiger partial charge in [0.15, 0.2) is 23.1 Å². The van der Waals surface area contributed by atoms with Crippen LogP contribution in [0.2, 0.25) is 0 Å². The lowest BCUT2D eigenvalue weighted by atomic mass is 10.1. The maximum atomic E-state index is 8.72. The molecule has 0 fully saturated rings. The van der Waals surface area contributed by atoms with Gasteiger partial charge in [0, 0.05) is 11.1 Å². The minimum Gasteiger partial charge on any atom is -0.453 e. The summed E-state index contributed by atoms with van der Waals surface area (Å²) in [6, 6.07) is 13.6. The molecule has 0 aliphatic carbocycles. The van der Waals surface area contributed by atoms with Crippen molar-refractivity contribution in [1.82, 2.24) is 11.0 Å². The predicted octanol–water partition coefficient (Wildman–Crippen LogP) is 2.81. The second-order valence-corrected chi connectivity index (χ2v) is 4.88. The fourth-order valence-electron chi connectivity index (χ4n) is 2.15. The molecule has 0 spiro atoms. The van der Waals surface area contributed by atoms with Gasteiger partial charge in [0.05, 0.1) is 0 Å². The number of amidine groups is 2. The largest absolute Gasteiger partial charge is 0.453 e. The molecule has 0 amide bonds. The molecule has 1 aromatic carbocycles. The molecule has 0 radical (unpaired) electrons. The molecule has 0 atom stereocenters. The summed E-state index contributed by atoms with van der Waals surface area (Å²) in [4.78, 5) is 0. The minimum absolute atomic E-state index is 0.0928. The van der Waals surface area contributed by atoms with Gasteiger partial charge in [-0.3, -0.25) is 26.7 Å². The Morgan fingerprint density at radius 2 is 1.29 bits per heavy atom. The van der Waals surface area contributed by atoms with Crippen LogP contribution < -0.4 is 11.0 Å². The molecular formula is C16H14N4O4. The number of nitrogens with one attached hydrogen (secondary N) is 4. The lowest BCUT2D eigenvalue weighted by molar-refractivity contribution is 0.232. The third kappa shape index (κ3) is 2.91. The lowest BCUT2D eigenvalue weighted by Gasteiger charge is -2.02. The van der Waals surface area contributed by atoms with Gasteiger partial charge in [-0.25, -0.2) is 5.48 Å². The van der Waals surface area contributed by atoms with Crippen LogP contribution in [0.15, 0.2) is 57.4 Å². The van der Waals surface area contributed by atoms with Crippen LogP contribution in [0.5, 0.6) is 0 Å². The van der Waals surface area contributed by atoms with Crippen molar-refractivity contribution in [3.05, 3.63) is 59.9 Å². The Labute approximate surface area is 136 Å². The topological polar surface area (TPSA) is 138 Å². The second kappa shape index (κ2) is 6.41. The van der Waals surface area contributed by atoms with Crippen molar-refractivity contribution in [2.75, 3.05) is 0 Å². The average molecular weight is 326 g/mol. The molecule has 0 saturated heterocycles. The summed E-state index contributed by atoms with van der Waals surface area (Å²) in [5.74, 6) is 1.36. The first-order valence-corrected chi connectivity index (χ1v) is 6.91. The Morgan fingerprint density at radius 1 is 0.708 bits per heavy atom. The smallest absolute Gasteiger partial charge is 0.185 e. The van der Waals surface area contributed by atoms with E-state index in [0.29, 0.717) is 22.8 Å². The molecule has 0 aliphatic heterocycles. The maximum Gasteiger partial charge on any atom is 0.185 e. The average Bonchev–Trinajstić information content (AvgIpc) is 3.29. The highest BCUT2D eigenvalue weighted by molar-refractivity contribution is 5.95. The molecule has 3 rings (SSSR count). The number of rotatable bonds is 4. The molecule has 0 saturated carbocycles. The zero-order valence-electron chi connectivity index (χ0n) is 12.3. The van der Waals surface area contributed by atoms with Crippen molar-refractivity contribution >= 4 is 11.7 Å². The van der Waals surface area contributed by atoms with Gasteiger partial charge in [0.1, 0.15) is 11.6 Å². The SMILES string of the molecule is N=C(NO)c1ccc(-c2ccc(-c3ccc(C(=N)NO)o3)o2)cc1. The Kier molecular flexibility index (Phi) is 4.15. The zero-order chi connectivity index (χ0) is 17.1. The molecule has 2 heterocycles. The number of benzene rings is 1. The first-order chi connectivity index (χ1) is 11.6. The molecular weight excluding hydrogens is 312 g/mol. The molecule has 122 valence electrons. The summed E-state index contributed by atoms with van der Waals surface area (Å²) < 4.78 is 11.2. The highest BCUT2D eigenvalue weighted by Gasteiger charge is 2.13. The fraction of sp³-hybridized carbons (Fsp3) is 0. The van der Waals surface area contributed by atoms with Gasteiger partial charge >= 0.3 is 0 Å². The second-order valence-electron chi connectivity index (χ2n) is 4.88. The van der Waals surface area contributed by atoms with Crippen LogP contribution in [0.1, 0.15) is 11.3 Å². The zero-order valence-corrected chi connectivity index (χ0v) is 12.3. The van der Waals surface area contributed by atoms with Crippen LogP contribution in [0, 0.1) is 10.8 Å². The highest BCUT2D eigenvalue weighted by Crippen LogP contribution is 2.29. The first kappa shape index (κ1) is 15.5. The van der Waals surface area contributed by atoms with Crippen molar-refractivity contribution in [2.45, 2.75) is 0 Å². The van der Waals surface area contributed by atoms with Crippen molar-refractivity contribution in [1.29, 1.82) is 10.8 Å². The molecule has 8 heteroatoms. The fourth-order valence-corrected chi connectivity index (χ4v) is 2.15. The predicted molar refractivity (Wildman–Crippen MR) is 85.3 cm³/mol. The Hall–Kier alpha value is -3.36. The van der Waals surface area contributed by atoms with Crippen LogP contribution in [-0.2, 0) is 0 Å². The maximum absolute atomic E-state index is 8.72. The van der Waals surface area contributed by atoms with Crippen LogP contribution >= 0.6 is 0 Å². The van der Waals surface area contributed by atoms with Crippen LogP contribution in [0.4, 0.5) is 0 Å². The van der Waals surface area contributed by atoms with Gasteiger partial charge < -0.3 is 8.83 Å². The van der Waals surface area contributed by atoms with Crippen LogP contribution in [0.25, 0.3) is 22.8 Å². The van der Waals surface area contributed by atoms with E-state index in [9.17, 15) is 0 Å². The molecule has 8 nitrogen and oxygen atoms in total. The monoisotopic (exact) mass is 326 g/mol. The van der Waals surface area contributed by atoms with E-state index >= 15 is 0 Å². The number of hydrogen-bond donors (Lipinski definition) is 6. The van der Waals surface area contributed by atoms with Gasteiger partial charge in [-0.2, -0.15) is 0 Å². The summed E-state index contributed by atoms with van der Waals surface area (Å²) in [5, 5.41) is 32.4. The van der Waals surface area contributed by atoms with Gasteiger partial charge in [-0.15, -0.1) is 0 Å². The lowest BCUT2D eigenvalue weighted by Crippen LogP contribution is -2.18. The van der Waals surface area contributed by atoms with E-state index < -0.39 is 0 Å². The normalized spacial score (nSPS) is 10.4. The minimum atomic E-state index is -0.247. The molecule has 3 aromatic rings. The third-order valence-electron chi connectivity index (χ3n) is 3.38. The molecule has 0 aliphatic rings.